The zero-order valence-electron chi connectivity index (χ0n) is 14.7. The number of rotatable bonds is 4. The van der Waals surface area contributed by atoms with Gasteiger partial charge in [-0.25, -0.2) is 4.79 Å². The number of benzene rings is 1. The summed E-state index contributed by atoms with van der Waals surface area (Å²) in [4.78, 5) is 29.0. The third kappa shape index (κ3) is 3.51. The molecule has 0 bridgehead atoms. The second-order valence-electron chi connectivity index (χ2n) is 7.49. The van der Waals surface area contributed by atoms with Crippen molar-refractivity contribution in [3.63, 3.8) is 0 Å². The minimum absolute atomic E-state index is 0.0469. The number of nitrogens with one attached hydrogen (secondary N) is 1. The average molecular weight is 341 g/mol. The predicted octanol–water partition coefficient (Wildman–Crippen LogP) is 2.86. The zero-order valence-corrected chi connectivity index (χ0v) is 14.7. The molecule has 1 aliphatic heterocycles. The van der Waals surface area contributed by atoms with Gasteiger partial charge in [0, 0.05) is 19.1 Å². The van der Waals surface area contributed by atoms with Gasteiger partial charge in [0.05, 0.1) is 12.6 Å². The van der Waals surface area contributed by atoms with Crippen molar-refractivity contribution in [1.82, 2.24) is 15.1 Å². The normalized spacial score (nSPS) is 22.4. The number of carbonyl (C=O) groups is 2. The summed E-state index contributed by atoms with van der Waals surface area (Å²) in [5, 5.41) is 2.90. The first kappa shape index (κ1) is 16.4. The van der Waals surface area contributed by atoms with Crippen LogP contribution in [0, 0.1) is 0 Å². The molecule has 1 heterocycles. The number of carbonyl (C=O) groups excluding carboxylic acids is 2. The summed E-state index contributed by atoms with van der Waals surface area (Å²) in [7, 11) is 0. The molecule has 0 aromatic heterocycles. The van der Waals surface area contributed by atoms with Crippen molar-refractivity contribution >= 4 is 11.9 Å². The molecule has 134 valence electrons. The molecule has 3 aliphatic rings. The van der Waals surface area contributed by atoms with E-state index in [1.165, 1.54) is 11.1 Å². The SMILES string of the molecule is O=C(CNC(=O)N(C1CC1)C1CCCc2ccccc21)N1CCCC1. The second-order valence-corrected chi connectivity index (χ2v) is 7.49. The van der Waals surface area contributed by atoms with Crippen LogP contribution in [0.3, 0.4) is 0 Å². The summed E-state index contributed by atoms with van der Waals surface area (Å²) in [5.41, 5.74) is 2.66. The minimum atomic E-state index is -0.0725. The first-order valence-electron chi connectivity index (χ1n) is 9.66. The fourth-order valence-electron chi connectivity index (χ4n) is 4.25. The monoisotopic (exact) mass is 341 g/mol. The first-order chi connectivity index (χ1) is 12.2. The average Bonchev–Trinajstić information content (AvgIpc) is 3.31. The Kier molecular flexibility index (Phi) is 4.64. The minimum Gasteiger partial charge on any atom is -0.341 e. The highest BCUT2D eigenvalue weighted by Crippen LogP contribution is 2.40. The maximum Gasteiger partial charge on any atom is 0.318 e. The van der Waals surface area contributed by atoms with Crippen molar-refractivity contribution in [2.45, 2.75) is 57.0 Å². The lowest BCUT2D eigenvalue weighted by Crippen LogP contribution is -2.47. The van der Waals surface area contributed by atoms with Gasteiger partial charge in [-0.15, -0.1) is 0 Å². The van der Waals surface area contributed by atoms with Crippen LogP contribution in [0.4, 0.5) is 4.79 Å². The Bertz CT molecular complexity index is 650. The molecule has 1 N–H and O–H groups in total. The van der Waals surface area contributed by atoms with Crippen LogP contribution in [0.15, 0.2) is 24.3 Å². The second kappa shape index (κ2) is 7.06. The molecular formula is C20H27N3O2. The van der Waals surface area contributed by atoms with E-state index < -0.39 is 0 Å². The highest BCUT2D eigenvalue weighted by atomic mass is 16.2. The largest absolute Gasteiger partial charge is 0.341 e. The fourth-order valence-corrected chi connectivity index (χ4v) is 4.25. The molecule has 2 aliphatic carbocycles. The van der Waals surface area contributed by atoms with Gasteiger partial charge in [-0.3, -0.25) is 4.79 Å². The van der Waals surface area contributed by atoms with E-state index in [9.17, 15) is 9.59 Å². The number of fused-ring (bicyclic) bond motifs is 1. The summed E-state index contributed by atoms with van der Waals surface area (Å²) >= 11 is 0. The van der Waals surface area contributed by atoms with Gasteiger partial charge in [0.25, 0.3) is 0 Å². The van der Waals surface area contributed by atoms with E-state index in [1.54, 1.807) is 0 Å². The van der Waals surface area contributed by atoms with E-state index in [2.05, 4.69) is 29.6 Å². The van der Waals surface area contributed by atoms with Gasteiger partial charge in [0.2, 0.25) is 5.91 Å². The van der Waals surface area contributed by atoms with Gasteiger partial charge in [-0.2, -0.15) is 0 Å². The lowest BCUT2D eigenvalue weighted by molar-refractivity contribution is -0.129. The third-order valence-electron chi connectivity index (χ3n) is 5.70. The number of hydrogen-bond donors (Lipinski definition) is 1. The maximum atomic E-state index is 12.9. The third-order valence-corrected chi connectivity index (χ3v) is 5.70. The van der Waals surface area contributed by atoms with Crippen LogP contribution in [0.5, 0.6) is 0 Å². The van der Waals surface area contributed by atoms with Gasteiger partial charge >= 0.3 is 6.03 Å². The Morgan fingerprint density at radius 1 is 1.08 bits per heavy atom. The molecular weight excluding hydrogens is 314 g/mol. The molecule has 1 aromatic carbocycles. The van der Waals surface area contributed by atoms with Crippen molar-refractivity contribution in [2.24, 2.45) is 0 Å². The van der Waals surface area contributed by atoms with Crippen LogP contribution in [-0.4, -0.2) is 47.4 Å². The van der Waals surface area contributed by atoms with Crippen molar-refractivity contribution in [1.29, 1.82) is 0 Å². The Morgan fingerprint density at radius 3 is 2.60 bits per heavy atom. The van der Waals surface area contributed by atoms with E-state index in [4.69, 9.17) is 0 Å². The van der Waals surface area contributed by atoms with E-state index in [0.29, 0.717) is 6.04 Å². The molecule has 1 saturated heterocycles. The van der Waals surface area contributed by atoms with Crippen LogP contribution >= 0.6 is 0 Å². The van der Waals surface area contributed by atoms with Crippen molar-refractivity contribution in [3.8, 4) is 0 Å². The van der Waals surface area contributed by atoms with Gasteiger partial charge in [0.15, 0.2) is 0 Å². The molecule has 1 atom stereocenters. The number of aryl methyl sites for hydroxylation is 1. The predicted molar refractivity (Wildman–Crippen MR) is 96.2 cm³/mol. The molecule has 4 rings (SSSR count). The molecule has 25 heavy (non-hydrogen) atoms. The van der Waals surface area contributed by atoms with Gasteiger partial charge < -0.3 is 15.1 Å². The summed E-state index contributed by atoms with van der Waals surface area (Å²) in [6.45, 7) is 1.78. The van der Waals surface area contributed by atoms with Crippen molar-refractivity contribution in [2.75, 3.05) is 19.6 Å². The quantitative estimate of drug-likeness (QED) is 0.915. The molecule has 3 amide bonds. The smallest absolute Gasteiger partial charge is 0.318 e. The molecule has 2 fully saturated rings. The summed E-state index contributed by atoms with van der Waals surface area (Å²) in [6, 6.07) is 8.90. The van der Waals surface area contributed by atoms with E-state index >= 15 is 0 Å². The highest BCUT2D eigenvalue weighted by molar-refractivity contribution is 5.84. The van der Waals surface area contributed by atoms with Crippen molar-refractivity contribution in [3.05, 3.63) is 35.4 Å². The lowest BCUT2D eigenvalue weighted by Gasteiger charge is -2.36. The Hall–Kier alpha value is -2.04. The summed E-state index contributed by atoms with van der Waals surface area (Å²) < 4.78 is 0. The fraction of sp³-hybridized carbons (Fsp3) is 0.600. The van der Waals surface area contributed by atoms with Crippen LogP contribution in [-0.2, 0) is 11.2 Å². The molecule has 1 unspecified atom stereocenters. The van der Waals surface area contributed by atoms with Crippen LogP contribution < -0.4 is 5.32 Å². The number of likely N-dealkylation sites (tertiary alicyclic amines) is 1. The summed E-state index contributed by atoms with van der Waals surface area (Å²) in [6.07, 6.45) is 7.53. The molecule has 1 saturated carbocycles. The standard InChI is InChI=1S/C20H27N3O2/c24-19(22-12-3-4-13-22)14-21-20(25)23(16-10-11-16)18-9-5-7-15-6-1-2-8-17(15)18/h1-2,6,8,16,18H,3-5,7,9-14H2,(H,21,25). The van der Waals surface area contributed by atoms with E-state index in [0.717, 1.165) is 58.0 Å². The van der Waals surface area contributed by atoms with Crippen LogP contribution in [0.25, 0.3) is 0 Å². The number of nitrogens with zero attached hydrogens (tertiary/aromatic N) is 2. The Balaban J connectivity index is 1.44. The van der Waals surface area contributed by atoms with Crippen molar-refractivity contribution < 1.29 is 9.59 Å². The highest BCUT2D eigenvalue weighted by Gasteiger charge is 2.39. The molecule has 0 radical (unpaired) electrons. The Morgan fingerprint density at radius 2 is 1.84 bits per heavy atom. The van der Waals surface area contributed by atoms with E-state index in [-0.39, 0.29) is 24.5 Å². The maximum absolute atomic E-state index is 12.9. The molecule has 5 heteroatoms. The molecule has 0 spiro atoms. The summed E-state index contributed by atoms with van der Waals surface area (Å²) in [5.74, 6) is 0.0469. The molecule has 5 nitrogen and oxygen atoms in total. The topological polar surface area (TPSA) is 52.7 Å². The number of urea groups is 1. The van der Waals surface area contributed by atoms with Crippen LogP contribution in [0.2, 0.25) is 0 Å². The lowest BCUT2D eigenvalue weighted by atomic mass is 9.87. The zero-order chi connectivity index (χ0) is 17.2. The van der Waals surface area contributed by atoms with Gasteiger partial charge in [0.1, 0.15) is 0 Å². The van der Waals surface area contributed by atoms with Gasteiger partial charge in [-0.05, 0) is 56.1 Å². The molecule has 1 aromatic rings. The van der Waals surface area contributed by atoms with Gasteiger partial charge in [-0.1, -0.05) is 24.3 Å². The van der Waals surface area contributed by atoms with Crippen LogP contribution in [0.1, 0.15) is 55.7 Å². The number of hydrogen-bond acceptors (Lipinski definition) is 2. The number of amides is 3. The van der Waals surface area contributed by atoms with E-state index in [1.807, 2.05) is 9.80 Å². The Labute approximate surface area is 149 Å². The first-order valence-corrected chi connectivity index (χ1v) is 9.66.